The van der Waals surface area contributed by atoms with Gasteiger partial charge in [-0.25, -0.2) is 9.67 Å². The van der Waals surface area contributed by atoms with Crippen molar-refractivity contribution in [2.24, 2.45) is 5.92 Å². The monoisotopic (exact) mass is 342 g/mol. The molecule has 0 aliphatic heterocycles. The van der Waals surface area contributed by atoms with Gasteiger partial charge in [0.25, 0.3) is 5.91 Å². The van der Waals surface area contributed by atoms with Crippen LogP contribution in [0.15, 0.2) is 12.3 Å². The fourth-order valence-electron chi connectivity index (χ4n) is 3.22. The van der Waals surface area contributed by atoms with Crippen molar-refractivity contribution in [3.8, 4) is 0 Å². The summed E-state index contributed by atoms with van der Waals surface area (Å²) < 4.78 is 1.92. The molecule has 1 aliphatic carbocycles. The first-order valence-electron chi connectivity index (χ1n) is 9.59. The van der Waals surface area contributed by atoms with Crippen molar-refractivity contribution in [3.05, 3.63) is 23.5 Å². The molecule has 5 nitrogen and oxygen atoms in total. The van der Waals surface area contributed by atoms with E-state index in [9.17, 15) is 4.79 Å². The molecule has 0 spiro atoms. The van der Waals surface area contributed by atoms with Gasteiger partial charge in [-0.15, -0.1) is 0 Å². The third-order valence-electron chi connectivity index (χ3n) is 4.85. The fraction of sp³-hybridized carbons (Fsp3) is 0.650. The second-order valence-electron chi connectivity index (χ2n) is 7.86. The molecule has 0 bridgehead atoms. The highest BCUT2D eigenvalue weighted by molar-refractivity contribution is 6.05. The Hall–Kier alpha value is -1.91. The van der Waals surface area contributed by atoms with Crippen molar-refractivity contribution in [1.82, 2.24) is 19.7 Å². The van der Waals surface area contributed by atoms with Gasteiger partial charge >= 0.3 is 0 Å². The topological polar surface area (TPSA) is 51.0 Å². The summed E-state index contributed by atoms with van der Waals surface area (Å²) in [6, 6.07) is 2.20. The Bertz CT molecular complexity index is 758. The molecule has 3 rings (SSSR count). The van der Waals surface area contributed by atoms with E-state index in [0.717, 1.165) is 41.8 Å². The van der Waals surface area contributed by atoms with Gasteiger partial charge in [-0.2, -0.15) is 5.10 Å². The van der Waals surface area contributed by atoms with Crippen LogP contribution in [-0.2, 0) is 0 Å². The molecule has 0 aromatic carbocycles. The Labute approximate surface area is 150 Å². The normalized spacial score (nSPS) is 14.7. The highest BCUT2D eigenvalue weighted by Crippen LogP contribution is 2.31. The zero-order chi connectivity index (χ0) is 18.1. The van der Waals surface area contributed by atoms with Gasteiger partial charge in [-0.3, -0.25) is 4.79 Å². The number of carbonyl (C=O) groups is 1. The predicted octanol–water partition coefficient (Wildman–Crippen LogP) is 4.40. The van der Waals surface area contributed by atoms with E-state index in [1.165, 1.54) is 12.8 Å². The van der Waals surface area contributed by atoms with E-state index in [4.69, 9.17) is 4.98 Å². The first-order valence-corrected chi connectivity index (χ1v) is 9.59. The lowest BCUT2D eigenvalue weighted by atomic mass is 10.0. The van der Waals surface area contributed by atoms with Crippen LogP contribution in [0.2, 0.25) is 0 Å². The van der Waals surface area contributed by atoms with Gasteiger partial charge in [0.05, 0.1) is 17.1 Å². The average molecular weight is 342 g/mol. The molecule has 1 amide bonds. The molecule has 25 heavy (non-hydrogen) atoms. The molecule has 5 heteroatoms. The molecule has 0 N–H and O–H groups in total. The summed E-state index contributed by atoms with van der Waals surface area (Å²) >= 11 is 0. The van der Waals surface area contributed by atoms with Crippen LogP contribution >= 0.6 is 0 Å². The first kappa shape index (κ1) is 17.9. The molecule has 0 atom stereocenters. The van der Waals surface area contributed by atoms with E-state index in [2.05, 4.69) is 39.7 Å². The summed E-state index contributed by atoms with van der Waals surface area (Å²) in [4.78, 5) is 20.2. The van der Waals surface area contributed by atoms with Gasteiger partial charge in [0, 0.05) is 24.8 Å². The number of hydrogen-bond acceptors (Lipinski definition) is 3. The molecule has 136 valence electrons. The number of nitrogens with zero attached hydrogens (tertiary/aromatic N) is 4. The van der Waals surface area contributed by atoms with Crippen LogP contribution in [0, 0.1) is 5.92 Å². The van der Waals surface area contributed by atoms with Gasteiger partial charge in [-0.05, 0) is 51.0 Å². The maximum Gasteiger partial charge on any atom is 0.254 e. The summed E-state index contributed by atoms with van der Waals surface area (Å²) in [5, 5.41) is 5.38. The zero-order valence-electron chi connectivity index (χ0n) is 16.1. The molecule has 1 aliphatic rings. The third-order valence-corrected chi connectivity index (χ3v) is 4.85. The quantitative estimate of drug-likeness (QED) is 0.749. The molecular formula is C20H30N4O. The largest absolute Gasteiger partial charge is 0.338 e. The van der Waals surface area contributed by atoms with Crippen LogP contribution in [0.5, 0.6) is 0 Å². The standard InChI is InChI=1S/C20H30N4O/c1-6-9-23(12-15-7-8-15)20(25)16-10-18(13(2)3)22-19-17(16)11-21-24(19)14(4)5/h10-11,13-15H,6-9,12H2,1-5H3. The highest BCUT2D eigenvalue weighted by atomic mass is 16.2. The highest BCUT2D eigenvalue weighted by Gasteiger charge is 2.28. The average Bonchev–Trinajstić information content (AvgIpc) is 3.28. The molecule has 0 radical (unpaired) electrons. The van der Waals surface area contributed by atoms with E-state index >= 15 is 0 Å². The number of hydrogen-bond donors (Lipinski definition) is 0. The van der Waals surface area contributed by atoms with Crippen molar-refractivity contribution >= 4 is 16.9 Å². The third kappa shape index (κ3) is 3.70. The Morgan fingerprint density at radius 3 is 2.60 bits per heavy atom. The SMILES string of the molecule is CCCN(CC1CC1)C(=O)c1cc(C(C)C)nc2c1cnn2C(C)C. The van der Waals surface area contributed by atoms with Crippen LogP contribution in [0.3, 0.4) is 0 Å². The van der Waals surface area contributed by atoms with Crippen molar-refractivity contribution in [2.45, 2.75) is 65.8 Å². The molecule has 1 saturated carbocycles. The van der Waals surface area contributed by atoms with Crippen molar-refractivity contribution in [1.29, 1.82) is 0 Å². The minimum absolute atomic E-state index is 0.131. The van der Waals surface area contributed by atoms with Gasteiger partial charge in [-0.1, -0.05) is 20.8 Å². The van der Waals surface area contributed by atoms with Crippen LogP contribution in [0.1, 0.15) is 81.9 Å². The number of rotatable bonds is 7. The first-order chi connectivity index (χ1) is 11.9. The molecule has 2 aromatic rings. The maximum atomic E-state index is 13.3. The number of amides is 1. The molecule has 2 aromatic heterocycles. The lowest BCUT2D eigenvalue weighted by Gasteiger charge is -2.23. The summed E-state index contributed by atoms with van der Waals surface area (Å²) in [5.41, 5.74) is 2.54. The molecular weight excluding hydrogens is 312 g/mol. The van der Waals surface area contributed by atoms with E-state index in [1.54, 1.807) is 6.20 Å². The van der Waals surface area contributed by atoms with E-state index < -0.39 is 0 Å². The molecule has 0 saturated heterocycles. The zero-order valence-corrected chi connectivity index (χ0v) is 16.1. The fourth-order valence-corrected chi connectivity index (χ4v) is 3.22. The number of pyridine rings is 1. The van der Waals surface area contributed by atoms with Crippen LogP contribution in [0.25, 0.3) is 11.0 Å². The second kappa shape index (κ2) is 7.14. The Balaban J connectivity index is 2.07. The van der Waals surface area contributed by atoms with Gasteiger partial charge in [0.1, 0.15) is 0 Å². The van der Waals surface area contributed by atoms with E-state index in [0.29, 0.717) is 5.92 Å². The molecule has 1 fully saturated rings. The lowest BCUT2D eigenvalue weighted by molar-refractivity contribution is 0.0749. The van der Waals surface area contributed by atoms with Crippen molar-refractivity contribution in [3.63, 3.8) is 0 Å². The number of fused-ring (bicyclic) bond motifs is 1. The summed E-state index contributed by atoms with van der Waals surface area (Å²) in [6.45, 7) is 12.2. The molecule has 2 heterocycles. The Kier molecular flexibility index (Phi) is 5.11. The Morgan fingerprint density at radius 1 is 1.32 bits per heavy atom. The Morgan fingerprint density at radius 2 is 2.04 bits per heavy atom. The lowest BCUT2D eigenvalue weighted by Crippen LogP contribution is -2.34. The van der Waals surface area contributed by atoms with E-state index in [1.807, 2.05) is 15.6 Å². The van der Waals surface area contributed by atoms with Crippen LogP contribution in [-0.4, -0.2) is 38.7 Å². The smallest absolute Gasteiger partial charge is 0.254 e. The maximum absolute atomic E-state index is 13.3. The van der Waals surface area contributed by atoms with Crippen LogP contribution < -0.4 is 0 Å². The minimum Gasteiger partial charge on any atom is -0.338 e. The van der Waals surface area contributed by atoms with Crippen LogP contribution in [0.4, 0.5) is 0 Å². The summed E-state index contributed by atoms with van der Waals surface area (Å²) in [6.07, 6.45) is 5.29. The minimum atomic E-state index is 0.131. The molecule has 0 unspecified atom stereocenters. The number of aromatic nitrogens is 3. The van der Waals surface area contributed by atoms with E-state index in [-0.39, 0.29) is 17.9 Å². The second-order valence-corrected chi connectivity index (χ2v) is 7.86. The summed E-state index contributed by atoms with van der Waals surface area (Å²) in [7, 11) is 0. The number of carbonyl (C=O) groups excluding carboxylic acids is 1. The predicted molar refractivity (Wildman–Crippen MR) is 101 cm³/mol. The van der Waals surface area contributed by atoms with Crippen molar-refractivity contribution < 1.29 is 4.79 Å². The van der Waals surface area contributed by atoms with Crippen molar-refractivity contribution in [2.75, 3.05) is 13.1 Å². The van der Waals surface area contributed by atoms with Gasteiger partial charge < -0.3 is 4.90 Å². The van der Waals surface area contributed by atoms with Gasteiger partial charge in [0.15, 0.2) is 5.65 Å². The summed E-state index contributed by atoms with van der Waals surface area (Å²) in [5.74, 6) is 1.09. The van der Waals surface area contributed by atoms with Gasteiger partial charge in [0.2, 0.25) is 0 Å².